The molecule has 0 radical (unpaired) electrons. The summed E-state index contributed by atoms with van der Waals surface area (Å²) in [5, 5.41) is 14.0. The van der Waals surface area contributed by atoms with Gasteiger partial charge < -0.3 is 24.6 Å². The molecule has 3 heterocycles. The number of nitrogens with zero attached hydrogens (tertiary/aromatic N) is 3. The van der Waals surface area contributed by atoms with Gasteiger partial charge in [-0.15, -0.1) is 0 Å². The van der Waals surface area contributed by atoms with E-state index >= 15 is 0 Å². The maximum absolute atomic E-state index is 12.1. The quantitative estimate of drug-likeness (QED) is 0.195. The van der Waals surface area contributed by atoms with Crippen molar-refractivity contribution in [1.29, 1.82) is 0 Å². The molecule has 0 unspecified atom stereocenters. The van der Waals surface area contributed by atoms with Crippen molar-refractivity contribution in [2.75, 3.05) is 4.90 Å². The Balaban J connectivity index is 1.43. The smallest absolute Gasteiger partial charge is 0.337 e. The number of benzene rings is 3. The topological polar surface area (TPSA) is 79.6 Å². The standard InChI is InChI=1S/C34H30N4O3S/c1-21-11-15-25(16-12-21)41-26-17-13-24(14-18-26)38-32(31(36-34(38)42)29-9-6-7-19-35-29)28-20-22(2)37(23(28)3)30-10-5-4-8-27(30)33(39)40/h4-20,31-32H,1-3H3,(H,36,42)(H,39,40)/t31-,32-/m1/s1. The Morgan fingerprint density at radius 1 is 0.905 bits per heavy atom. The highest BCUT2D eigenvalue weighted by atomic mass is 32.1. The van der Waals surface area contributed by atoms with E-state index in [0.717, 1.165) is 39.8 Å². The van der Waals surface area contributed by atoms with Crippen LogP contribution in [-0.2, 0) is 0 Å². The first-order valence-corrected chi connectivity index (χ1v) is 14.1. The predicted octanol–water partition coefficient (Wildman–Crippen LogP) is 7.47. The highest BCUT2D eigenvalue weighted by Gasteiger charge is 2.42. The molecule has 0 bridgehead atoms. The molecule has 3 aromatic carbocycles. The first kappa shape index (κ1) is 27.2. The monoisotopic (exact) mass is 574 g/mol. The summed E-state index contributed by atoms with van der Waals surface area (Å²) >= 11 is 5.93. The Labute approximate surface area is 250 Å². The third kappa shape index (κ3) is 5.01. The van der Waals surface area contributed by atoms with Gasteiger partial charge in [0, 0.05) is 23.3 Å². The molecule has 0 saturated carbocycles. The van der Waals surface area contributed by atoms with Crippen LogP contribution in [0.25, 0.3) is 5.69 Å². The third-order valence-corrected chi connectivity index (χ3v) is 7.95. The molecule has 5 aromatic rings. The molecule has 1 fully saturated rings. The molecule has 7 nitrogen and oxygen atoms in total. The second-order valence-electron chi connectivity index (χ2n) is 10.4. The average Bonchev–Trinajstić information content (AvgIpc) is 3.49. The van der Waals surface area contributed by atoms with E-state index < -0.39 is 5.97 Å². The number of anilines is 1. The summed E-state index contributed by atoms with van der Waals surface area (Å²) in [6.07, 6.45) is 1.78. The zero-order chi connectivity index (χ0) is 29.4. The number of hydrogen-bond acceptors (Lipinski definition) is 4. The van der Waals surface area contributed by atoms with Crippen LogP contribution in [0.1, 0.15) is 50.7 Å². The minimum absolute atomic E-state index is 0.231. The van der Waals surface area contributed by atoms with Crippen molar-refractivity contribution < 1.29 is 14.6 Å². The van der Waals surface area contributed by atoms with Gasteiger partial charge in [-0.3, -0.25) is 4.98 Å². The minimum Gasteiger partial charge on any atom is -0.478 e. The molecule has 2 N–H and O–H groups in total. The number of thiocarbonyl (C=S) groups is 1. The molecule has 0 spiro atoms. The van der Waals surface area contributed by atoms with Crippen molar-refractivity contribution in [1.82, 2.24) is 14.9 Å². The van der Waals surface area contributed by atoms with E-state index in [1.807, 2.05) is 104 Å². The Morgan fingerprint density at radius 2 is 1.57 bits per heavy atom. The number of aromatic carboxylic acids is 1. The fraction of sp³-hybridized carbons (Fsp3) is 0.147. The van der Waals surface area contributed by atoms with E-state index in [1.165, 1.54) is 5.56 Å². The van der Waals surface area contributed by atoms with Crippen molar-refractivity contribution in [3.8, 4) is 17.2 Å². The zero-order valence-corrected chi connectivity index (χ0v) is 24.3. The van der Waals surface area contributed by atoms with Gasteiger partial charge in [0.25, 0.3) is 0 Å². The van der Waals surface area contributed by atoms with E-state index in [2.05, 4.69) is 21.3 Å². The molecule has 0 amide bonds. The summed E-state index contributed by atoms with van der Waals surface area (Å²) in [7, 11) is 0. The second-order valence-corrected chi connectivity index (χ2v) is 10.8. The number of aromatic nitrogens is 2. The number of aryl methyl sites for hydroxylation is 2. The number of ether oxygens (including phenoxy) is 1. The van der Waals surface area contributed by atoms with Gasteiger partial charge in [0.2, 0.25) is 0 Å². The van der Waals surface area contributed by atoms with E-state index in [9.17, 15) is 9.90 Å². The molecule has 2 atom stereocenters. The van der Waals surface area contributed by atoms with Gasteiger partial charge >= 0.3 is 5.97 Å². The number of hydrogen-bond donors (Lipinski definition) is 2. The molecule has 42 heavy (non-hydrogen) atoms. The number of carboxylic acid groups (broad SMARTS) is 1. The van der Waals surface area contributed by atoms with Crippen LogP contribution in [0.3, 0.4) is 0 Å². The largest absolute Gasteiger partial charge is 0.478 e. The lowest BCUT2D eigenvalue weighted by Gasteiger charge is -2.28. The third-order valence-electron chi connectivity index (χ3n) is 7.63. The van der Waals surface area contributed by atoms with Crippen molar-refractivity contribution in [3.05, 3.63) is 137 Å². The summed E-state index contributed by atoms with van der Waals surface area (Å²) in [5.74, 6) is 0.528. The maximum Gasteiger partial charge on any atom is 0.337 e. The van der Waals surface area contributed by atoms with Gasteiger partial charge in [0.15, 0.2) is 5.11 Å². The molecular weight excluding hydrogens is 544 g/mol. The van der Waals surface area contributed by atoms with Crippen LogP contribution in [0.15, 0.2) is 103 Å². The molecule has 1 aliphatic rings. The molecule has 6 rings (SSSR count). The maximum atomic E-state index is 12.1. The summed E-state index contributed by atoms with van der Waals surface area (Å²) in [6.45, 7) is 6.06. The van der Waals surface area contributed by atoms with E-state index in [1.54, 1.807) is 18.3 Å². The highest BCUT2D eigenvalue weighted by Crippen LogP contribution is 2.44. The Bertz CT molecular complexity index is 1770. The van der Waals surface area contributed by atoms with Crippen LogP contribution < -0.4 is 15.0 Å². The average molecular weight is 575 g/mol. The van der Waals surface area contributed by atoms with Gasteiger partial charge in [-0.25, -0.2) is 4.79 Å². The Hall–Kier alpha value is -4.95. The first-order valence-electron chi connectivity index (χ1n) is 13.7. The van der Waals surface area contributed by atoms with Crippen LogP contribution in [-0.4, -0.2) is 25.7 Å². The van der Waals surface area contributed by atoms with Crippen molar-refractivity contribution >= 4 is 29.0 Å². The number of carboxylic acids is 1. The van der Waals surface area contributed by atoms with Gasteiger partial charge in [0.05, 0.1) is 29.0 Å². The van der Waals surface area contributed by atoms with Gasteiger partial charge in [-0.1, -0.05) is 35.9 Å². The lowest BCUT2D eigenvalue weighted by atomic mass is 9.96. The summed E-state index contributed by atoms with van der Waals surface area (Å²) in [6, 6.07) is 30.4. The number of pyridine rings is 1. The molecule has 8 heteroatoms. The van der Waals surface area contributed by atoms with Gasteiger partial charge in [-0.2, -0.15) is 0 Å². The lowest BCUT2D eigenvalue weighted by Crippen LogP contribution is -2.29. The normalized spacial score (nSPS) is 16.4. The zero-order valence-electron chi connectivity index (χ0n) is 23.5. The first-order chi connectivity index (χ1) is 20.3. The van der Waals surface area contributed by atoms with Crippen LogP contribution in [0.5, 0.6) is 11.5 Å². The number of rotatable bonds is 7. The predicted molar refractivity (Wildman–Crippen MR) is 168 cm³/mol. The Morgan fingerprint density at radius 3 is 2.24 bits per heavy atom. The van der Waals surface area contributed by atoms with Crippen LogP contribution >= 0.6 is 12.2 Å². The van der Waals surface area contributed by atoms with Crippen molar-refractivity contribution in [2.45, 2.75) is 32.9 Å². The fourth-order valence-corrected chi connectivity index (χ4v) is 6.02. The van der Waals surface area contributed by atoms with Crippen LogP contribution in [0.2, 0.25) is 0 Å². The molecule has 1 aliphatic heterocycles. The van der Waals surface area contributed by atoms with E-state index in [4.69, 9.17) is 17.0 Å². The van der Waals surface area contributed by atoms with Crippen molar-refractivity contribution in [3.63, 3.8) is 0 Å². The molecule has 2 aromatic heterocycles. The molecular formula is C34H30N4O3S. The highest BCUT2D eigenvalue weighted by molar-refractivity contribution is 7.80. The number of nitrogens with one attached hydrogen (secondary N) is 1. The second kappa shape index (κ2) is 11.1. The summed E-state index contributed by atoms with van der Waals surface area (Å²) in [4.78, 5) is 18.9. The minimum atomic E-state index is -0.968. The molecule has 210 valence electrons. The van der Waals surface area contributed by atoms with Crippen molar-refractivity contribution in [2.24, 2.45) is 0 Å². The SMILES string of the molecule is Cc1ccc(Oc2ccc(N3C(=S)N[C@H](c4ccccn4)[C@H]3c3cc(C)n(-c4ccccc4C(=O)O)c3C)cc2)cc1. The van der Waals surface area contributed by atoms with E-state index in [0.29, 0.717) is 10.8 Å². The number of carbonyl (C=O) groups is 1. The van der Waals surface area contributed by atoms with Crippen LogP contribution in [0.4, 0.5) is 5.69 Å². The Kier molecular flexibility index (Phi) is 7.22. The lowest BCUT2D eigenvalue weighted by molar-refractivity contribution is 0.0697. The molecule has 0 aliphatic carbocycles. The van der Waals surface area contributed by atoms with Gasteiger partial charge in [0.1, 0.15) is 11.5 Å². The molecule has 1 saturated heterocycles. The van der Waals surface area contributed by atoms with Crippen LogP contribution in [0, 0.1) is 20.8 Å². The fourth-order valence-electron chi connectivity index (χ4n) is 5.67. The van der Waals surface area contributed by atoms with Gasteiger partial charge in [-0.05, 0) is 105 Å². The summed E-state index contributed by atoms with van der Waals surface area (Å²) < 4.78 is 8.08. The summed E-state index contributed by atoms with van der Waals surface area (Å²) in [5.41, 5.74) is 6.69. The van der Waals surface area contributed by atoms with E-state index in [-0.39, 0.29) is 17.6 Å². The number of para-hydroxylation sites is 1.